The van der Waals surface area contributed by atoms with Crippen molar-refractivity contribution in [2.45, 2.75) is 91.8 Å². The first-order valence-corrected chi connectivity index (χ1v) is 14.8. The van der Waals surface area contributed by atoms with Crippen LogP contribution in [0.1, 0.15) is 68.1 Å². The zero-order valence-corrected chi connectivity index (χ0v) is 23.1. The highest BCUT2D eigenvalue weighted by molar-refractivity contribution is 6.74. The summed E-state index contributed by atoms with van der Waals surface area (Å²) < 4.78 is 25.6. The SMILES string of the molecule is CCOc1c(C23OCC(C)(C)C2(C(C)(C)C)OO3)oc2ccc(O[Si](C)(C)C(C)(C)C)cc12. The third-order valence-corrected chi connectivity index (χ3v) is 12.1. The van der Waals surface area contributed by atoms with Gasteiger partial charge in [0.15, 0.2) is 11.4 Å². The molecule has 3 heterocycles. The van der Waals surface area contributed by atoms with E-state index < -0.39 is 19.7 Å². The van der Waals surface area contributed by atoms with Gasteiger partial charge in [-0.2, -0.15) is 4.89 Å². The number of hydrogen-bond acceptors (Lipinski definition) is 6. The minimum atomic E-state index is -2.00. The maximum Gasteiger partial charge on any atom is 0.297 e. The number of hydrogen-bond donors (Lipinski definition) is 0. The molecule has 1 aromatic heterocycles. The van der Waals surface area contributed by atoms with Crippen molar-refractivity contribution in [3.05, 3.63) is 24.0 Å². The van der Waals surface area contributed by atoms with Crippen molar-refractivity contribution >= 4 is 19.3 Å². The number of ether oxygens (including phenoxy) is 2. The Labute approximate surface area is 198 Å². The lowest BCUT2D eigenvalue weighted by Gasteiger charge is -2.59. The van der Waals surface area contributed by atoms with E-state index in [1.54, 1.807) is 0 Å². The Bertz CT molecular complexity index is 1060. The summed E-state index contributed by atoms with van der Waals surface area (Å²) in [4.78, 5) is 11.8. The second kappa shape index (κ2) is 7.23. The van der Waals surface area contributed by atoms with Gasteiger partial charge in [0.05, 0.1) is 18.6 Å². The van der Waals surface area contributed by atoms with Crippen molar-refractivity contribution in [1.82, 2.24) is 0 Å². The van der Waals surface area contributed by atoms with E-state index in [4.69, 9.17) is 28.1 Å². The van der Waals surface area contributed by atoms with Gasteiger partial charge in [-0.3, -0.25) is 0 Å². The summed E-state index contributed by atoms with van der Waals surface area (Å²) in [6, 6.07) is 5.93. The first-order valence-electron chi connectivity index (χ1n) is 11.9. The molecule has 0 bridgehead atoms. The van der Waals surface area contributed by atoms with Gasteiger partial charge >= 0.3 is 0 Å². The predicted molar refractivity (Wildman–Crippen MR) is 131 cm³/mol. The van der Waals surface area contributed by atoms with Crippen LogP contribution in [0, 0.1) is 10.8 Å². The standard InChI is InChI=1S/C26H40O6Si/c1-12-27-20-18-15-17(30-33(10,11)23(5,6)7)13-14-19(18)29-21(20)25-26(32-31-25,22(2,3)4)24(8,9)16-28-25/h13-15H,12,16H2,1-11H3. The summed E-state index contributed by atoms with van der Waals surface area (Å²) in [5.74, 6) is 0.789. The minimum Gasteiger partial charge on any atom is -0.543 e. The lowest BCUT2D eigenvalue weighted by atomic mass is 9.58. The molecule has 2 aliphatic heterocycles. The van der Waals surface area contributed by atoms with E-state index in [0.717, 1.165) is 11.1 Å². The lowest BCUT2D eigenvalue weighted by Crippen LogP contribution is -2.72. The van der Waals surface area contributed by atoms with Crippen LogP contribution in [0.4, 0.5) is 0 Å². The minimum absolute atomic E-state index is 0.0952. The number of furan rings is 1. The number of benzene rings is 1. The van der Waals surface area contributed by atoms with E-state index in [9.17, 15) is 0 Å². The maximum atomic E-state index is 6.56. The molecular formula is C26H40O6Si. The van der Waals surface area contributed by atoms with Crippen molar-refractivity contribution in [3.63, 3.8) is 0 Å². The van der Waals surface area contributed by atoms with Crippen molar-refractivity contribution in [3.8, 4) is 11.5 Å². The van der Waals surface area contributed by atoms with Crippen molar-refractivity contribution in [2.75, 3.05) is 13.2 Å². The molecule has 0 saturated carbocycles. The topological polar surface area (TPSA) is 59.3 Å². The molecule has 0 spiro atoms. The molecule has 4 rings (SSSR count). The molecule has 2 unspecified atom stereocenters. The second-order valence-electron chi connectivity index (χ2n) is 12.6. The molecule has 0 aliphatic carbocycles. The van der Waals surface area contributed by atoms with Gasteiger partial charge in [0.2, 0.25) is 14.1 Å². The second-order valence-corrected chi connectivity index (χ2v) is 17.3. The average molecular weight is 477 g/mol. The molecule has 7 heteroatoms. The molecule has 1 aromatic carbocycles. The Morgan fingerprint density at radius 1 is 1.03 bits per heavy atom. The smallest absolute Gasteiger partial charge is 0.297 e. The van der Waals surface area contributed by atoms with Crippen LogP contribution in [0.2, 0.25) is 18.1 Å². The summed E-state index contributed by atoms with van der Waals surface area (Å²) in [5.41, 5.74) is -0.628. The highest BCUT2D eigenvalue weighted by Crippen LogP contribution is 2.70. The molecule has 6 nitrogen and oxygen atoms in total. The highest BCUT2D eigenvalue weighted by atomic mass is 28.4. The summed E-state index contributed by atoms with van der Waals surface area (Å²) >= 11 is 0. The van der Waals surface area contributed by atoms with Crippen LogP contribution in [0.25, 0.3) is 11.0 Å². The summed E-state index contributed by atoms with van der Waals surface area (Å²) in [5, 5.41) is 0.946. The van der Waals surface area contributed by atoms with E-state index in [1.165, 1.54) is 0 Å². The summed E-state index contributed by atoms with van der Waals surface area (Å²) in [6.07, 6.45) is 0. The van der Waals surface area contributed by atoms with Crippen molar-refractivity contribution < 1.29 is 28.1 Å². The normalized spacial score (nSPS) is 27.4. The monoisotopic (exact) mass is 476 g/mol. The average Bonchev–Trinajstić information content (AvgIpc) is 3.04. The molecule has 2 atom stereocenters. The Hall–Kier alpha value is -1.54. The molecule has 0 radical (unpaired) electrons. The van der Waals surface area contributed by atoms with Gasteiger partial charge in [-0.15, -0.1) is 0 Å². The third kappa shape index (κ3) is 3.22. The fourth-order valence-corrected chi connectivity index (χ4v) is 6.26. The Kier molecular flexibility index (Phi) is 5.39. The predicted octanol–water partition coefficient (Wildman–Crippen LogP) is 7.17. The Morgan fingerprint density at radius 3 is 2.21 bits per heavy atom. The van der Waals surface area contributed by atoms with Gasteiger partial charge in [-0.1, -0.05) is 55.4 Å². The zero-order chi connectivity index (χ0) is 24.7. The van der Waals surface area contributed by atoms with E-state index in [2.05, 4.69) is 68.5 Å². The first kappa shape index (κ1) is 24.6. The van der Waals surface area contributed by atoms with Crippen LogP contribution >= 0.6 is 0 Å². The van der Waals surface area contributed by atoms with Crippen molar-refractivity contribution in [2.24, 2.45) is 10.8 Å². The number of rotatable bonds is 5. The molecule has 2 aromatic rings. The van der Waals surface area contributed by atoms with E-state index in [1.807, 2.05) is 25.1 Å². The lowest BCUT2D eigenvalue weighted by molar-refractivity contribution is -0.629. The van der Waals surface area contributed by atoms with Crippen LogP contribution in [-0.2, 0) is 20.3 Å². The van der Waals surface area contributed by atoms with Crippen LogP contribution in [0.15, 0.2) is 22.6 Å². The molecule has 2 saturated heterocycles. The van der Waals surface area contributed by atoms with Gasteiger partial charge in [0.1, 0.15) is 11.3 Å². The molecule has 0 N–H and O–H groups in total. The van der Waals surface area contributed by atoms with Gasteiger partial charge in [-0.05, 0) is 43.3 Å². The number of fused-ring (bicyclic) bond motifs is 2. The van der Waals surface area contributed by atoms with Gasteiger partial charge in [-0.25, -0.2) is 4.89 Å². The van der Waals surface area contributed by atoms with Gasteiger partial charge in [0, 0.05) is 10.8 Å². The molecular weight excluding hydrogens is 436 g/mol. The summed E-state index contributed by atoms with van der Waals surface area (Å²) in [7, 11) is -2.00. The molecule has 184 valence electrons. The third-order valence-electron chi connectivity index (χ3n) is 7.77. The van der Waals surface area contributed by atoms with E-state index in [0.29, 0.717) is 30.3 Å². The largest absolute Gasteiger partial charge is 0.543 e. The highest BCUT2D eigenvalue weighted by Gasteiger charge is 2.83. The zero-order valence-electron chi connectivity index (χ0n) is 22.1. The Balaban J connectivity index is 1.87. The molecule has 2 aliphatic rings. The van der Waals surface area contributed by atoms with Crippen LogP contribution < -0.4 is 9.16 Å². The first-order chi connectivity index (χ1) is 15.0. The van der Waals surface area contributed by atoms with Gasteiger partial charge < -0.3 is 18.3 Å². The maximum absolute atomic E-state index is 6.56. The summed E-state index contributed by atoms with van der Waals surface area (Å²) in [6.45, 7) is 24.9. The fraction of sp³-hybridized carbons (Fsp3) is 0.692. The van der Waals surface area contributed by atoms with Crippen LogP contribution in [0.5, 0.6) is 11.5 Å². The molecule has 2 fully saturated rings. The van der Waals surface area contributed by atoms with Crippen molar-refractivity contribution in [1.29, 1.82) is 0 Å². The quantitative estimate of drug-likeness (QED) is 0.337. The van der Waals surface area contributed by atoms with Crippen LogP contribution in [0.3, 0.4) is 0 Å². The fourth-order valence-electron chi connectivity index (χ4n) is 5.24. The molecule has 0 amide bonds. The van der Waals surface area contributed by atoms with E-state index >= 15 is 0 Å². The van der Waals surface area contributed by atoms with Crippen LogP contribution in [-0.4, -0.2) is 27.1 Å². The van der Waals surface area contributed by atoms with Gasteiger partial charge in [0.25, 0.3) is 5.79 Å². The van der Waals surface area contributed by atoms with E-state index in [-0.39, 0.29) is 15.9 Å². The Morgan fingerprint density at radius 2 is 1.70 bits per heavy atom. The molecule has 33 heavy (non-hydrogen) atoms.